The standard InChI is InChI=1S/C45H38F8N4O5S4/c1-65(59,60)31-21-33(41(27-7-17-63-25-27)39(23-31)56-13-9-54(10-14-56)37-5-3-29(19-35(37)46)44(48,49)50)43(58)34-22-32(66(2,61)62)24-40(42(34)28-8-18-64-26-28)57-15-11-55(12-16-57)38-6-4-30(20-36(38)47)45(51,52)53/h3-8,17-26H,9-16H2,1-2H3. The van der Waals surface area contributed by atoms with E-state index in [9.17, 15) is 43.2 Å². The summed E-state index contributed by atoms with van der Waals surface area (Å²) in [6.45, 7) is 0.973. The molecule has 2 saturated heterocycles. The summed E-state index contributed by atoms with van der Waals surface area (Å²) in [6, 6.07) is 13.5. The van der Waals surface area contributed by atoms with Crippen LogP contribution in [0.3, 0.4) is 0 Å². The maximum Gasteiger partial charge on any atom is 0.416 e. The predicted molar refractivity (Wildman–Crippen MR) is 241 cm³/mol. The number of anilines is 4. The lowest BCUT2D eigenvalue weighted by atomic mass is 9.88. The van der Waals surface area contributed by atoms with E-state index in [0.29, 0.717) is 45.8 Å². The van der Waals surface area contributed by atoms with Crippen molar-refractivity contribution < 1.29 is 56.8 Å². The Morgan fingerprint density at radius 1 is 0.500 bits per heavy atom. The first-order chi connectivity index (χ1) is 31.0. The van der Waals surface area contributed by atoms with Crippen LogP contribution in [0.1, 0.15) is 27.0 Å². The van der Waals surface area contributed by atoms with Gasteiger partial charge in [-0.3, -0.25) is 4.79 Å². The second kappa shape index (κ2) is 17.6. The number of benzene rings is 4. The Morgan fingerprint density at radius 2 is 0.833 bits per heavy atom. The molecule has 21 heteroatoms. The van der Waals surface area contributed by atoms with E-state index in [1.54, 1.807) is 43.5 Å². The number of hydrogen-bond donors (Lipinski definition) is 0. The van der Waals surface area contributed by atoms with Crippen LogP contribution in [0.25, 0.3) is 22.3 Å². The summed E-state index contributed by atoms with van der Waals surface area (Å²) in [6.07, 6.45) is -7.53. The summed E-state index contributed by atoms with van der Waals surface area (Å²) < 4.78 is 164. The van der Waals surface area contributed by atoms with Crippen LogP contribution >= 0.6 is 22.7 Å². The van der Waals surface area contributed by atoms with Crippen molar-refractivity contribution in [1.29, 1.82) is 0 Å². The zero-order valence-corrected chi connectivity index (χ0v) is 38.1. The number of sulfone groups is 2. The molecule has 2 aromatic heterocycles. The molecular formula is C45H38F8N4O5S4. The zero-order valence-electron chi connectivity index (χ0n) is 34.9. The quantitative estimate of drug-likeness (QED) is 0.0982. The van der Waals surface area contributed by atoms with Crippen LogP contribution in [-0.4, -0.2) is 87.5 Å². The van der Waals surface area contributed by atoms with E-state index in [1.807, 2.05) is 9.80 Å². The molecule has 66 heavy (non-hydrogen) atoms. The third-order valence-corrected chi connectivity index (χ3v) is 15.2. The molecule has 2 aliphatic heterocycles. The highest BCUT2D eigenvalue weighted by molar-refractivity contribution is 7.91. The highest BCUT2D eigenvalue weighted by atomic mass is 32.2. The molecule has 0 aliphatic carbocycles. The molecule has 0 bridgehead atoms. The largest absolute Gasteiger partial charge is 0.416 e. The summed E-state index contributed by atoms with van der Waals surface area (Å²) in [4.78, 5) is 21.9. The van der Waals surface area contributed by atoms with Crippen molar-refractivity contribution in [3.05, 3.63) is 128 Å². The molecule has 0 atom stereocenters. The van der Waals surface area contributed by atoms with Crippen molar-refractivity contribution >= 4 is 70.9 Å². The summed E-state index contributed by atoms with van der Waals surface area (Å²) in [7, 11) is -8.06. The van der Waals surface area contributed by atoms with Gasteiger partial charge in [0.25, 0.3) is 0 Å². The number of halogens is 8. The topological polar surface area (TPSA) is 98.3 Å². The SMILES string of the molecule is CS(=O)(=O)c1cc(C(=O)c2cc(S(C)(=O)=O)cc(N3CCN(c4ccc(C(F)(F)F)cc4F)CC3)c2-c2ccsc2)c(-c2ccsc2)c(N2CCN(c3ccc(C(F)(F)F)cc3F)CC2)c1. The van der Waals surface area contributed by atoms with Gasteiger partial charge in [0.2, 0.25) is 0 Å². The highest BCUT2D eigenvalue weighted by Crippen LogP contribution is 2.44. The molecule has 8 rings (SSSR count). The number of rotatable bonds is 10. The summed E-state index contributed by atoms with van der Waals surface area (Å²) in [5, 5.41) is 7.05. The molecule has 4 heterocycles. The fourth-order valence-corrected chi connectivity index (χ4v) is 10.9. The lowest BCUT2D eigenvalue weighted by Gasteiger charge is -2.39. The van der Waals surface area contributed by atoms with Crippen LogP contribution in [0.2, 0.25) is 0 Å². The predicted octanol–water partition coefficient (Wildman–Crippen LogP) is 10.2. The van der Waals surface area contributed by atoms with Crippen molar-refractivity contribution in [2.24, 2.45) is 0 Å². The van der Waals surface area contributed by atoms with E-state index in [0.717, 1.165) is 36.8 Å². The summed E-state index contributed by atoms with van der Waals surface area (Å²) >= 11 is 2.61. The molecule has 9 nitrogen and oxygen atoms in total. The van der Waals surface area contributed by atoms with E-state index >= 15 is 13.6 Å². The van der Waals surface area contributed by atoms with Crippen LogP contribution in [0.5, 0.6) is 0 Å². The second-order valence-corrected chi connectivity index (χ2v) is 21.5. The maximum atomic E-state index is 15.6. The van der Waals surface area contributed by atoms with Gasteiger partial charge in [0.15, 0.2) is 25.5 Å². The first kappa shape index (κ1) is 47.0. The Morgan fingerprint density at radius 3 is 1.11 bits per heavy atom. The maximum absolute atomic E-state index is 15.6. The first-order valence-corrected chi connectivity index (χ1v) is 25.7. The van der Waals surface area contributed by atoms with E-state index in [4.69, 9.17) is 0 Å². The average Bonchev–Trinajstić information content (AvgIpc) is 4.00. The Hall–Kier alpha value is -5.51. The van der Waals surface area contributed by atoms with Crippen molar-refractivity contribution in [3.63, 3.8) is 0 Å². The van der Waals surface area contributed by atoms with Crippen molar-refractivity contribution in [2.75, 3.05) is 84.5 Å². The fourth-order valence-electron chi connectivity index (χ4n) is 8.31. The van der Waals surface area contributed by atoms with Gasteiger partial charge in [-0.2, -0.15) is 49.0 Å². The Kier molecular flexibility index (Phi) is 12.5. The van der Waals surface area contributed by atoms with Crippen LogP contribution in [0.15, 0.2) is 104 Å². The number of thiophene rings is 2. The molecule has 0 spiro atoms. The number of piperazine rings is 2. The number of hydrogen-bond acceptors (Lipinski definition) is 11. The van der Waals surface area contributed by atoms with E-state index < -0.39 is 60.6 Å². The Bertz CT molecular complexity index is 2830. The molecule has 0 N–H and O–H groups in total. The van der Waals surface area contributed by atoms with Gasteiger partial charge < -0.3 is 19.6 Å². The zero-order chi connectivity index (χ0) is 47.5. The molecule has 0 saturated carbocycles. The van der Waals surface area contributed by atoms with Gasteiger partial charge in [-0.15, -0.1) is 0 Å². The van der Waals surface area contributed by atoms with Gasteiger partial charge >= 0.3 is 12.4 Å². The number of carbonyl (C=O) groups excluding carboxylic acids is 1. The van der Waals surface area contributed by atoms with Gasteiger partial charge in [0, 0.05) is 98.5 Å². The van der Waals surface area contributed by atoms with E-state index in [-0.39, 0.29) is 84.7 Å². The number of ketones is 1. The molecule has 0 radical (unpaired) electrons. The van der Waals surface area contributed by atoms with Crippen LogP contribution in [0.4, 0.5) is 57.9 Å². The molecular weight excluding hydrogens is 957 g/mol. The van der Waals surface area contributed by atoms with Crippen LogP contribution in [0, 0.1) is 11.6 Å². The Labute approximate surface area is 383 Å². The monoisotopic (exact) mass is 994 g/mol. The molecule has 6 aromatic rings. The van der Waals surface area contributed by atoms with Gasteiger partial charge in [-0.05, 0) is 105 Å². The number of alkyl halides is 6. The first-order valence-electron chi connectivity index (χ1n) is 20.1. The van der Waals surface area contributed by atoms with Gasteiger partial charge in [0.1, 0.15) is 11.6 Å². The van der Waals surface area contributed by atoms with Gasteiger partial charge in [0.05, 0.1) is 32.3 Å². The molecule has 0 amide bonds. The fraction of sp³-hybridized carbons (Fsp3) is 0.267. The number of carbonyl (C=O) groups is 1. The normalized spacial score (nSPS) is 15.4. The van der Waals surface area contributed by atoms with Gasteiger partial charge in [-0.25, -0.2) is 25.6 Å². The highest BCUT2D eigenvalue weighted by Gasteiger charge is 2.35. The summed E-state index contributed by atoms with van der Waals surface area (Å²) in [5.74, 6) is -2.83. The Balaban J connectivity index is 1.22. The lowest BCUT2D eigenvalue weighted by Crippen LogP contribution is -2.47. The third kappa shape index (κ3) is 9.52. The average molecular weight is 995 g/mol. The minimum absolute atomic E-state index is 0.0443. The molecule has 2 fully saturated rings. The third-order valence-electron chi connectivity index (χ3n) is 11.6. The van der Waals surface area contributed by atoms with Crippen molar-refractivity contribution in [1.82, 2.24) is 0 Å². The lowest BCUT2D eigenvalue weighted by molar-refractivity contribution is -0.138. The van der Waals surface area contributed by atoms with Gasteiger partial charge in [-0.1, -0.05) is 0 Å². The van der Waals surface area contributed by atoms with Crippen molar-refractivity contribution in [2.45, 2.75) is 22.1 Å². The molecule has 0 unspecified atom stereocenters. The minimum Gasteiger partial charge on any atom is -0.367 e. The molecule has 2 aliphatic rings. The number of nitrogens with zero attached hydrogens (tertiary/aromatic N) is 4. The summed E-state index contributed by atoms with van der Waals surface area (Å²) in [5.41, 5.74) is -0.0999. The van der Waals surface area contributed by atoms with Crippen molar-refractivity contribution in [3.8, 4) is 22.3 Å². The second-order valence-electron chi connectivity index (χ2n) is 15.9. The molecule has 348 valence electrons. The van der Waals surface area contributed by atoms with Crippen LogP contribution < -0.4 is 19.6 Å². The van der Waals surface area contributed by atoms with E-state index in [2.05, 4.69) is 0 Å². The molecule has 4 aromatic carbocycles. The minimum atomic E-state index is -4.74. The van der Waals surface area contributed by atoms with Crippen LogP contribution in [-0.2, 0) is 32.0 Å². The van der Waals surface area contributed by atoms with E-state index in [1.165, 1.54) is 46.9 Å². The smallest absolute Gasteiger partial charge is 0.367 e.